The van der Waals surface area contributed by atoms with Crippen molar-refractivity contribution < 1.29 is 97.8 Å². The quantitative estimate of drug-likeness (QED) is 0.0396. The number of halogens is 22. The first-order valence-electron chi connectivity index (χ1n) is 29.6. The average molecular weight is 1510 g/mol. The lowest BCUT2D eigenvalue weighted by atomic mass is 9.36. The Morgan fingerprint density at radius 2 is 0.535 bits per heavy atom. The van der Waals surface area contributed by atoms with Crippen molar-refractivity contribution in [2.45, 2.75) is 83.1 Å². The highest BCUT2D eigenvalue weighted by Crippen LogP contribution is 2.65. The molecule has 0 amide bonds. The number of para-hydroxylation sites is 2. The van der Waals surface area contributed by atoms with Gasteiger partial charge in [-0.1, -0.05) is 113 Å². The molecule has 30 heteroatoms. The zero-order valence-corrected chi connectivity index (χ0v) is 59.1. The molecule has 0 aromatic heterocycles. The van der Waals surface area contributed by atoms with Crippen LogP contribution in [0.4, 0.5) is 99.2 Å². The molecule has 2 fully saturated rings. The predicted molar refractivity (Wildman–Crippen MR) is 360 cm³/mol. The Morgan fingerprint density at radius 3 is 0.727 bits per heavy atom. The summed E-state index contributed by atoms with van der Waals surface area (Å²) in [4.78, 5) is 6.30. The van der Waals surface area contributed by atoms with Crippen molar-refractivity contribution in [3.63, 3.8) is 0 Å². The number of hydrogen-bond acceptors (Lipinski definition) is 2. The van der Waals surface area contributed by atoms with Gasteiger partial charge in [0, 0.05) is 40.1 Å². The molecule has 2 unspecified atom stereocenters. The molecule has 0 spiro atoms. The Morgan fingerprint density at radius 1 is 0.343 bits per heavy atom. The molecular weight excluding hydrogens is 1460 g/mol. The topological polar surface area (TPSA) is 27.9 Å². The first-order chi connectivity index (χ1) is 46.1. The fourth-order valence-electron chi connectivity index (χ4n) is 12.4. The molecular formula is C69H56B2Cl2F20N2P2S2. The second-order valence-electron chi connectivity index (χ2n) is 25.5. The van der Waals surface area contributed by atoms with Crippen molar-refractivity contribution in [1.82, 2.24) is 0 Å². The fraction of sp³-hybridized carbons (Fsp3) is 0.217. The maximum absolute atomic E-state index is 16.2. The zero-order valence-electron chi connectivity index (χ0n) is 54.1. The van der Waals surface area contributed by atoms with E-state index in [1.165, 1.54) is 12.2 Å². The van der Waals surface area contributed by atoms with Crippen LogP contribution >= 0.6 is 62.3 Å². The van der Waals surface area contributed by atoms with E-state index in [-0.39, 0.29) is 25.3 Å². The van der Waals surface area contributed by atoms with Crippen LogP contribution in [0.1, 0.15) is 74.9 Å². The van der Waals surface area contributed by atoms with Crippen LogP contribution in [-0.4, -0.2) is 25.8 Å². The molecule has 10 rings (SSSR count). The molecule has 2 nitrogen and oxygen atoms in total. The molecule has 8 aromatic carbocycles. The van der Waals surface area contributed by atoms with Gasteiger partial charge in [0.25, 0.3) is 0 Å². The summed E-state index contributed by atoms with van der Waals surface area (Å²) < 4.78 is 308. The summed E-state index contributed by atoms with van der Waals surface area (Å²) >= 11 is 10.1. The van der Waals surface area contributed by atoms with Gasteiger partial charge in [0.05, 0.1) is 5.34 Å². The maximum Gasteiger partial charge on any atom is 0.204 e. The van der Waals surface area contributed by atoms with E-state index in [2.05, 4.69) is 9.98 Å². The summed E-state index contributed by atoms with van der Waals surface area (Å²) in [6.07, 6.45) is 2.72. The molecule has 0 aliphatic carbocycles. The van der Waals surface area contributed by atoms with Gasteiger partial charge < -0.3 is 0 Å². The molecule has 0 radical (unpaired) electrons. The van der Waals surface area contributed by atoms with Crippen molar-refractivity contribution in [1.29, 1.82) is 0 Å². The van der Waals surface area contributed by atoms with Crippen LogP contribution in [0.2, 0.25) is 0 Å². The van der Waals surface area contributed by atoms with E-state index >= 15 is 70.2 Å². The predicted octanol–water partition coefficient (Wildman–Crippen LogP) is 17.1. The standard InChI is InChI=1S/2C34H26BF10NPS.CH2Cl2/c2*1-15-12-16(2)32(17(3)13-15)47-19(14-34(4,5)6)35(48-33(47)46-18-10-8-7-9-11-18,20-22(36)26(40)30(44)27(41)23(20)37)21-24(38)28(42)31(45)29(43)25(21)39;2-1-3/h2*7-14H,1-6H3;1H2/q2*-1;/p+2/b2*19-14-,46-33?;. The molecule has 2 atom stereocenters. The second-order valence-corrected chi connectivity index (χ2v) is 33.8. The Balaban J connectivity index is 0.000000243. The van der Waals surface area contributed by atoms with Crippen LogP contribution in [0.25, 0.3) is 0 Å². The lowest BCUT2D eigenvalue weighted by Crippen LogP contribution is -2.66. The van der Waals surface area contributed by atoms with Crippen molar-refractivity contribution in [2.24, 2.45) is 10.8 Å². The number of aryl methyl sites for hydroxylation is 6. The SMILES string of the molecule is Cc1cc(C)c(P2C(=[NH+]c3ccccc3)S[B-](c3c(F)c(F)c(F)c(F)c3F)(c3c(F)c(F)c(F)c(F)c3F)/C2=C/C(C)(C)C)c(C)c1.Cc1cc(C)c(P2C(=[NH+]c3ccccc3)S[B-](c3c(F)c(F)c(F)c(F)c3F)(c3c(F)c(F)c(F)c(F)c3F)/C2=C/C(C)(C)C)c(C)c1.ClCCl. The molecule has 8 aromatic rings. The van der Waals surface area contributed by atoms with E-state index in [4.69, 9.17) is 23.2 Å². The Kier molecular flexibility index (Phi) is 23.5. The zero-order chi connectivity index (χ0) is 73.9. The molecule has 0 bridgehead atoms. The highest BCUT2D eigenvalue weighted by Gasteiger charge is 2.57. The number of hydrogen-bond donors (Lipinski definition) is 2. The van der Waals surface area contributed by atoms with Gasteiger partial charge in [0.2, 0.25) is 20.9 Å². The molecule has 2 heterocycles. The third-order valence-electron chi connectivity index (χ3n) is 15.9. The van der Waals surface area contributed by atoms with E-state index in [1.807, 2.05) is 0 Å². The van der Waals surface area contributed by atoms with Crippen LogP contribution in [0.15, 0.2) is 108 Å². The first-order valence-corrected chi connectivity index (χ1v) is 35.1. The lowest BCUT2D eigenvalue weighted by molar-refractivity contribution is -0.347. The average Bonchev–Trinajstić information content (AvgIpc) is 1.60. The van der Waals surface area contributed by atoms with Crippen LogP contribution in [0, 0.1) is 169 Å². The van der Waals surface area contributed by atoms with Gasteiger partial charge in [-0.3, -0.25) is 23.2 Å². The van der Waals surface area contributed by atoms with Gasteiger partial charge in [0.1, 0.15) is 46.5 Å². The summed E-state index contributed by atoms with van der Waals surface area (Å²) in [7, 11) is -4.47. The molecule has 99 heavy (non-hydrogen) atoms. The fourth-order valence-corrected chi connectivity index (χ4v) is 24.9. The van der Waals surface area contributed by atoms with Gasteiger partial charge in [-0.15, -0.1) is 57.2 Å². The summed E-state index contributed by atoms with van der Waals surface area (Å²) in [5.74, 6) is -49.5. The Bertz CT molecular complexity index is 4110. The third kappa shape index (κ3) is 14.4. The smallest absolute Gasteiger partial charge is 0.204 e. The number of rotatable bonds is 8. The lowest BCUT2D eigenvalue weighted by Gasteiger charge is -2.41. The van der Waals surface area contributed by atoms with Crippen molar-refractivity contribution >= 4 is 127 Å². The maximum atomic E-state index is 16.2. The van der Waals surface area contributed by atoms with Crippen LogP contribution in [0.5, 0.6) is 0 Å². The molecule has 524 valence electrons. The van der Waals surface area contributed by atoms with Gasteiger partial charge >= 0.3 is 0 Å². The van der Waals surface area contributed by atoms with Crippen molar-refractivity contribution in [2.75, 3.05) is 5.34 Å². The number of alkyl halides is 2. The summed E-state index contributed by atoms with van der Waals surface area (Å²) in [6.45, 7) is 20.1. The number of allylic oxidation sites excluding steroid dienone is 2. The van der Waals surface area contributed by atoms with Crippen LogP contribution < -0.4 is 42.4 Å². The minimum atomic E-state index is -4.28. The number of nitrogens with one attached hydrogen (secondary N) is 2. The highest BCUT2D eigenvalue weighted by molar-refractivity contribution is 8.54. The Hall–Kier alpha value is -6.55. The van der Waals surface area contributed by atoms with Gasteiger partial charge in [0.15, 0.2) is 80.7 Å². The second kappa shape index (κ2) is 29.8. The van der Waals surface area contributed by atoms with Gasteiger partial charge in [-0.2, -0.15) is 10.4 Å². The molecule has 2 N–H and O–H groups in total. The monoisotopic (exact) mass is 1510 g/mol. The van der Waals surface area contributed by atoms with E-state index in [0.717, 1.165) is 11.1 Å². The molecule has 2 aliphatic heterocycles. The summed E-state index contributed by atoms with van der Waals surface area (Å²) in [5.41, 5.74) is -12.7. The molecule has 2 saturated heterocycles. The van der Waals surface area contributed by atoms with E-state index in [0.29, 0.717) is 67.5 Å². The first kappa shape index (κ1) is 78.2. The molecule has 0 saturated carbocycles. The summed E-state index contributed by atoms with van der Waals surface area (Å²) in [5, 5.41) is 0.659. The third-order valence-corrected chi connectivity index (χ3v) is 26.2. The normalized spacial score (nSPS) is 17.6. The van der Waals surface area contributed by atoms with Gasteiger partial charge in [-0.25, -0.2) is 97.8 Å². The van der Waals surface area contributed by atoms with Crippen LogP contribution in [-0.2, 0) is 0 Å². The van der Waals surface area contributed by atoms with Crippen molar-refractivity contribution in [3.05, 3.63) is 257 Å². The molecule has 2 aliphatic rings. The van der Waals surface area contributed by atoms with Crippen LogP contribution in [0.3, 0.4) is 0 Å². The summed E-state index contributed by atoms with van der Waals surface area (Å²) in [6, 6.07) is 23.3. The Labute approximate surface area is 577 Å². The minimum absolute atomic E-state index is 0.0506. The number of benzene rings is 8. The van der Waals surface area contributed by atoms with E-state index < -0.39 is 176 Å². The van der Waals surface area contributed by atoms with E-state index in [9.17, 15) is 17.6 Å². The van der Waals surface area contributed by atoms with Crippen molar-refractivity contribution in [3.8, 4) is 0 Å². The highest BCUT2D eigenvalue weighted by atomic mass is 35.5. The minimum Gasteiger partial charge on any atom is -0.255 e. The van der Waals surface area contributed by atoms with Gasteiger partial charge in [-0.05, 0) is 85.2 Å². The largest absolute Gasteiger partial charge is 0.255 e. The van der Waals surface area contributed by atoms with E-state index in [1.54, 1.807) is 168 Å².